The molecule has 0 saturated carbocycles. The molecule has 19 heavy (non-hydrogen) atoms. The van der Waals surface area contributed by atoms with E-state index in [2.05, 4.69) is 23.9 Å². The van der Waals surface area contributed by atoms with Crippen LogP contribution in [0.25, 0.3) is 0 Å². The lowest BCUT2D eigenvalue weighted by Crippen LogP contribution is -2.38. The normalized spacial score (nSPS) is 23.7. The minimum atomic E-state index is -0.473. The van der Waals surface area contributed by atoms with Crippen LogP contribution >= 0.6 is 12.4 Å². The van der Waals surface area contributed by atoms with Gasteiger partial charge in [0, 0.05) is 26.2 Å². The van der Waals surface area contributed by atoms with Crippen LogP contribution in [-0.4, -0.2) is 68.4 Å². The molecule has 2 aliphatic heterocycles. The first kappa shape index (κ1) is 16.5. The Bertz CT molecular complexity index is 249. The Morgan fingerprint density at radius 3 is 1.47 bits per heavy atom. The zero-order valence-electron chi connectivity index (χ0n) is 11.8. The van der Waals surface area contributed by atoms with Gasteiger partial charge in [0.15, 0.2) is 0 Å². The van der Waals surface area contributed by atoms with Crippen molar-refractivity contribution in [2.45, 2.75) is 37.9 Å². The van der Waals surface area contributed by atoms with Crippen molar-refractivity contribution in [1.82, 2.24) is 9.80 Å². The van der Waals surface area contributed by atoms with Crippen LogP contribution in [0.4, 0.5) is 4.79 Å². The van der Waals surface area contributed by atoms with E-state index in [1.807, 2.05) is 0 Å². The second kappa shape index (κ2) is 7.92. The summed E-state index contributed by atoms with van der Waals surface area (Å²) in [6.45, 7) is 3.97. The van der Waals surface area contributed by atoms with E-state index >= 15 is 0 Å². The standard InChI is InChI=1S/C13H24N2O3.ClH/c1-14-7-3-11(4-8-14)17-13(16)18-12-5-9-15(2)10-6-12;/h11-12H,3-10H2,1-2H3;1H. The molecule has 2 rings (SSSR count). The van der Waals surface area contributed by atoms with E-state index in [0.717, 1.165) is 51.9 Å². The van der Waals surface area contributed by atoms with Crippen LogP contribution in [0.2, 0.25) is 0 Å². The second-order valence-corrected chi connectivity index (χ2v) is 5.49. The lowest BCUT2D eigenvalue weighted by Gasteiger charge is -2.30. The maximum Gasteiger partial charge on any atom is 0.508 e. The number of carbonyl (C=O) groups is 1. The number of ether oxygens (including phenoxy) is 2. The highest BCUT2D eigenvalue weighted by Crippen LogP contribution is 2.16. The Morgan fingerprint density at radius 1 is 0.842 bits per heavy atom. The largest absolute Gasteiger partial charge is 0.508 e. The molecule has 2 heterocycles. The predicted octanol–water partition coefficient (Wildman–Crippen LogP) is 1.75. The summed E-state index contributed by atoms with van der Waals surface area (Å²) >= 11 is 0. The van der Waals surface area contributed by atoms with Gasteiger partial charge in [-0.15, -0.1) is 12.4 Å². The van der Waals surface area contributed by atoms with Crippen LogP contribution < -0.4 is 0 Å². The third-order valence-electron chi connectivity index (χ3n) is 3.86. The lowest BCUT2D eigenvalue weighted by molar-refractivity contribution is -0.0289. The van der Waals surface area contributed by atoms with Gasteiger partial charge in [0.25, 0.3) is 0 Å². The Morgan fingerprint density at radius 2 is 1.16 bits per heavy atom. The van der Waals surface area contributed by atoms with Crippen LogP contribution in [0.15, 0.2) is 0 Å². The summed E-state index contributed by atoms with van der Waals surface area (Å²) in [6.07, 6.45) is 3.27. The lowest BCUT2D eigenvalue weighted by atomic mass is 10.1. The first-order valence-electron chi connectivity index (χ1n) is 6.88. The molecule has 0 bridgehead atoms. The van der Waals surface area contributed by atoms with Gasteiger partial charge in [-0.05, 0) is 39.8 Å². The van der Waals surface area contributed by atoms with Crippen LogP contribution in [0.5, 0.6) is 0 Å². The zero-order valence-corrected chi connectivity index (χ0v) is 12.7. The fourth-order valence-corrected chi connectivity index (χ4v) is 2.51. The van der Waals surface area contributed by atoms with Gasteiger partial charge in [0.1, 0.15) is 12.2 Å². The summed E-state index contributed by atoms with van der Waals surface area (Å²) in [4.78, 5) is 16.2. The third kappa shape index (κ3) is 5.55. The van der Waals surface area contributed by atoms with Crippen molar-refractivity contribution in [3.05, 3.63) is 0 Å². The Hall–Kier alpha value is -0.520. The van der Waals surface area contributed by atoms with E-state index in [4.69, 9.17) is 9.47 Å². The van der Waals surface area contributed by atoms with Crippen molar-refractivity contribution < 1.29 is 14.3 Å². The molecular formula is C13H25ClN2O3. The monoisotopic (exact) mass is 292 g/mol. The molecule has 112 valence electrons. The van der Waals surface area contributed by atoms with Crippen LogP contribution in [0.3, 0.4) is 0 Å². The van der Waals surface area contributed by atoms with Gasteiger partial charge in [0.2, 0.25) is 0 Å². The quantitative estimate of drug-likeness (QED) is 0.726. The zero-order chi connectivity index (χ0) is 13.0. The molecule has 0 spiro atoms. The summed E-state index contributed by atoms with van der Waals surface area (Å²) in [5.41, 5.74) is 0. The number of hydrogen-bond donors (Lipinski definition) is 0. The topological polar surface area (TPSA) is 42.0 Å². The number of halogens is 1. The van der Waals surface area contributed by atoms with Gasteiger partial charge < -0.3 is 19.3 Å². The molecule has 0 radical (unpaired) electrons. The van der Waals surface area contributed by atoms with E-state index in [1.165, 1.54) is 0 Å². The maximum absolute atomic E-state index is 11.7. The minimum absolute atomic E-state index is 0. The third-order valence-corrected chi connectivity index (χ3v) is 3.86. The van der Waals surface area contributed by atoms with Gasteiger partial charge in [-0.25, -0.2) is 4.79 Å². The molecule has 0 N–H and O–H groups in total. The number of piperidine rings is 2. The van der Waals surface area contributed by atoms with E-state index < -0.39 is 6.16 Å². The molecular weight excluding hydrogens is 268 g/mol. The fraction of sp³-hybridized carbons (Fsp3) is 0.923. The molecule has 0 atom stereocenters. The molecule has 2 aliphatic rings. The molecule has 2 saturated heterocycles. The average molecular weight is 293 g/mol. The summed E-state index contributed by atoms with van der Waals surface area (Å²) in [5.74, 6) is 0. The number of nitrogens with zero attached hydrogens (tertiary/aromatic N) is 2. The van der Waals surface area contributed by atoms with Gasteiger partial charge in [-0.2, -0.15) is 0 Å². The van der Waals surface area contributed by atoms with Gasteiger partial charge >= 0.3 is 6.16 Å². The summed E-state index contributed by atoms with van der Waals surface area (Å²) < 4.78 is 10.7. The number of hydrogen-bond acceptors (Lipinski definition) is 5. The molecule has 2 fully saturated rings. The molecule has 6 heteroatoms. The van der Waals surface area contributed by atoms with Crippen molar-refractivity contribution >= 4 is 18.6 Å². The van der Waals surface area contributed by atoms with Crippen molar-refractivity contribution in [3.8, 4) is 0 Å². The average Bonchev–Trinajstić information content (AvgIpc) is 2.35. The second-order valence-electron chi connectivity index (χ2n) is 5.49. The first-order valence-corrected chi connectivity index (χ1v) is 6.88. The Kier molecular flexibility index (Phi) is 6.89. The van der Waals surface area contributed by atoms with Crippen LogP contribution in [-0.2, 0) is 9.47 Å². The Balaban J connectivity index is 0.00000180. The van der Waals surface area contributed by atoms with Crippen molar-refractivity contribution in [3.63, 3.8) is 0 Å². The van der Waals surface area contributed by atoms with Crippen LogP contribution in [0.1, 0.15) is 25.7 Å². The van der Waals surface area contributed by atoms with Crippen molar-refractivity contribution in [2.75, 3.05) is 40.3 Å². The van der Waals surface area contributed by atoms with E-state index in [9.17, 15) is 4.79 Å². The molecule has 0 aromatic heterocycles. The number of likely N-dealkylation sites (tertiary alicyclic amines) is 2. The maximum atomic E-state index is 11.7. The highest BCUT2D eigenvalue weighted by molar-refractivity contribution is 5.85. The van der Waals surface area contributed by atoms with Crippen LogP contribution in [0, 0.1) is 0 Å². The summed E-state index contributed by atoms with van der Waals surface area (Å²) in [6, 6.07) is 0. The summed E-state index contributed by atoms with van der Waals surface area (Å²) in [5, 5.41) is 0. The number of carbonyl (C=O) groups excluding carboxylic acids is 1. The predicted molar refractivity (Wildman–Crippen MR) is 75.9 cm³/mol. The molecule has 0 unspecified atom stereocenters. The minimum Gasteiger partial charge on any atom is -0.431 e. The highest BCUT2D eigenvalue weighted by Gasteiger charge is 2.24. The summed E-state index contributed by atoms with van der Waals surface area (Å²) in [7, 11) is 4.18. The molecule has 5 nitrogen and oxygen atoms in total. The number of rotatable bonds is 2. The van der Waals surface area contributed by atoms with Gasteiger partial charge in [-0.1, -0.05) is 0 Å². The van der Waals surface area contributed by atoms with E-state index in [0.29, 0.717) is 0 Å². The van der Waals surface area contributed by atoms with Crippen molar-refractivity contribution in [1.29, 1.82) is 0 Å². The van der Waals surface area contributed by atoms with E-state index in [-0.39, 0.29) is 24.6 Å². The molecule has 0 aliphatic carbocycles. The molecule has 0 aromatic rings. The SMILES string of the molecule is CN1CCC(OC(=O)OC2CCN(C)CC2)CC1.Cl. The van der Waals surface area contributed by atoms with E-state index in [1.54, 1.807) is 0 Å². The van der Waals surface area contributed by atoms with Gasteiger partial charge in [0.05, 0.1) is 0 Å². The molecule has 0 amide bonds. The smallest absolute Gasteiger partial charge is 0.431 e. The van der Waals surface area contributed by atoms with Crippen molar-refractivity contribution in [2.24, 2.45) is 0 Å². The first-order chi connectivity index (χ1) is 8.63. The Labute approximate surface area is 121 Å². The molecule has 0 aromatic carbocycles. The highest BCUT2D eigenvalue weighted by atomic mass is 35.5. The fourth-order valence-electron chi connectivity index (χ4n) is 2.51. The van der Waals surface area contributed by atoms with Gasteiger partial charge in [-0.3, -0.25) is 0 Å².